The van der Waals surface area contributed by atoms with Crippen molar-refractivity contribution in [1.82, 2.24) is 4.31 Å². The fraction of sp³-hybridized carbons (Fsp3) is 1.00. The Kier molecular flexibility index (Phi) is 4.98. The van der Waals surface area contributed by atoms with E-state index in [1.54, 1.807) is 4.31 Å². The molecule has 1 saturated carbocycles. The molecule has 0 spiro atoms. The Morgan fingerprint density at radius 3 is 2.06 bits per heavy atom. The maximum Gasteiger partial charge on any atom is 0.214 e. The minimum atomic E-state index is -3.15. The molecule has 102 valence electrons. The predicted molar refractivity (Wildman–Crippen MR) is 71.3 cm³/mol. The first-order valence-corrected chi connectivity index (χ1v) is 8.27. The van der Waals surface area contributed by atoms with Crippen LogP contribution < -0.4 is 5.73 Å². The number of sulfonamides is 1. The molecule has 0 bridgehead atoms. The first-order valence-electron chi connectivity index (χ1n) is 6.66. The summed E-state index contributed by atoms with van der Waals surface area (Å²) in [5, 5.41) is 0. The summed E-state index contributed by atoms with van der Waals surface area (Å²) in [4.78, 5) is 0. The fourth-order valence-electron chi connectivity index (χ4n) is 2.49. The van der Waals surface area contributed by atoms with E-state index in [1.165, 1.54) is 0 Å². The number of hydrogen-bond acceptors (Lipinski definition) is 3. The van der Waals surface area contributed by atoms with E-state index in [0.29, 0.717) is 24.8 Å². The van der Waals surface area contributed by atoms with E-state index in [0.717, 1.165) is 25.7 Å². The van der Waals surface area contributed by atoms with Crippen molar-refractivity contribution < 1.29 is 8.42 Å². The van der Waals surface area contributed by atoms with Crippen LogP contribution in [-0.4, -0.2) is 37.1 Å². The first kappa shape index (κ1) is 14.9. The highest BCUT2D eigenvalue weighted by atomic mass is 32.2. The van der Waals surface area contributed by atoms with Gasteiger partial charge in [-0.3, -0.25) is 0 Å². The normalized spacial score (nSPS) is 17.7. The third kappa shape index (κ3) is 3.20. The van der Waals surface area contributed by atoms with Crippen LogP contribution in [0.4, 0.5) is 0 Å². The van der Waals surface area contributed by atoms with E-state index in [9.17, 15) is 8.42 Å². The van der Waals surface area contributed by atoms with Crippen molar-refractivity contribution in [2.24, 2.45) is 11.7 Å². The zero-order valence-electron chi connectivity index (χ0n) is 11.3. The molecule has 0 aromatic heterocycles. The van der Waals surface area contributed by atoms with E-state index >= 15 is 0 Å². The molecule has 2 N–H and O–H groups in total. The van der Waals surface area contributed by atoms with E-state index < -0.39 is 10.0 Å². The molecule has 0 amide bonds. The molecule has 17 heavy (non-hydrogen) atoms. The van der Waals surface area contributed by atoms with Crippen LogP contribution >= 0.6 is 0 Å². The van der Waals surface area contributed by atoms with Crippen molar-refractivity contribution in [3.05, 3.63) is 0 Å². The van der Waals surface area contributed by atoms with Gasteiger partial charge in [-0.2, -0.15) is 4.31 Å². The van der Waals surface area contributed by atoms with Crippen LogP contribution in [0.3, 0.4) is 0 Å². The lowest BCUT2D eigenvalue weighted by atomic mass is 9.93. The van der Waals surface area contributed by atoms with Gasteiger partial charge in [0, 0.05) is 18.6 Å². The summed E-state index contributed by atoms with van der Waals surface area (Å²) in [7, 11) is -3.15. The summed E-state index contributed by atoms with van der Waals surface area (Å²) in [5.74, 6) is 0.695. The maximum atomic E-state index is 12.4. The summed E-state index contributed by atoms with van der Waals surface area (Å²) >= 11 is 0. The Bertz CT molecular complexity index is 324. The largest absolute Gasteiger partial charge is 0.329 e. The zero-order valence-corrected chi connectivity index (χ0v) is 12.1. The van der Waals surface area contributed by atoms with E-state index in [-0.39, 0.29) is 5.54 Å². The van der Waals surface area contributed by atoms with Gasteiger partial charge in [-0.1, -0.05) is 20.8 Å². The van der Waals surface area contributed by atoms with Crippen LogP contribution in [0.5, 0.6) is 0 Å². The van der Waals surface area contributed by atoms with Gasteiger partial charge in [0.15, 0.2) is 0 Å². The van der Waals surface area contributed by atoms with Gasteiger partial charge in [0.1, 0.15) is 0 Å². The topological polar surface area (TPSA) is 63.4 Å². The average molecular weight is 262 g/mol. The van der Waals surface area contributed by atoms with Gasteiger partial charge in [-0.05, 0) is 31.6 Å². The summed E-state index contributed by atoms with van der Waals surface area (Å²) < 4.78 is 26.5. The van der Waals surface area contributed by atoms with Crippen molar-refractivity contribution in [3.63, 3.8) is 0 Å². The second-order valence-electron chi connectivity index (χ2n) is 5.02. The molecule has 0 heterocycles. The molecule has 5 heteroatoms. The summed E-state index contributed by atoms with van der Waals surface area (Å²) in [5.41, 5.74) is 5.46. The molecule has 0 unspecified atom stereocenters. The Morgan fingerprint density at radius 1 is 1.24 bits per heavy atom. The smallest absolute Gasteiger partial charge is 0.214 e. The molecular formula is C12H26N2O2S. The SMILES string of the molecule is CCN(C(CC)(CC)CN)S(=O)(=O)CC1CC1. The molecule has 1 fully saturated rings. The van der Waals surface area contributed by atoms with Crippen molar-refractivity contribution in [3.8, 4) is 0 Å². The Morgan fingerprint density at radius 2 is 1.76 bits per heavy atom. The number of nitrogens with two attached hydrogens (primary N) is 1. The van der Waals surface area contributed by atoms with E-state index in [2.05, 4.69) is 0 Å². The highest BCUT2D eigenvalue weighted by Crippen LogP contribution is 2.34. The number of likely N-dealkylation sites (N-methyl/N-ethyl adjacent to an activating group) is 1. The van der Waals surface area contributed by atoms with Crippen LogP contribution in [0, 0.1) is 5.92 Å². The lowest BCUT2D eigenvalue weighted by Crippen LogP contribution is -2.56. The van der Waals surface area contributed by atoms with Gasteiger partial charge in [-0.15, -0.1) is 0 Å². The van der Waals surface area contributed by atoms with Crippen LogP contribution in [0.15, 0.2) is 0 Å². The van der Waals surface area contributed by atoms with Gasteiger partial charge in [0.2, 0.25) is 10.0 Å². The van der Waals surface area contributed by atoms with Gasteiger partial charge in [0.05, 0.1) is 5.75 Å². The Hall–Kier alpha value is -0.130. The minimum absolute atomic E-state index is 0.308. The Labute approximate surface area is 106 Å². The number of hydrogen-bond donors (Lipinski definition) is 1. The summed E-state index contributed by atoms with van der Waals surface area (Å²) in [6, 6.07) is 0. The Balaban J connectivity index is 2.94. The van der Waals surface area contributed by atoms with Gasteiger partial charge < -0.3 is 5.73 Å². The highest BCUT2D eigenvalue weighted by molar-refractivity contribution is 7.89. The molecule has 0 aromatic carbocycles. The van der Waals surface area contributed by atoms with Crippen LogP contribution in [0.2, 0.25) is 0 Å². The molecule has 0 aromatic rings. The van der Waals surface area contributed by atoms with Crippen molar-refractivity contribution >= 4 is 10.0 Å². The maximum absolute atomic E-state index is 12.4. The fourth-order valence-corrected chi connectivity index (χ4v) is 4.92. The molecule has 1 rings (SSSR count). The molecule has 0 radical (unpaired) electrons. The van der Waals surface area contributed by atoms with Crippen molar-refractivity contribution in [2.45, 2.75) is 52.0 Å². The molecule has 4 nitrogen and oxygen atoms in total. The third-order valence-corrected chi connectivity index (χ3v) is 6.20. The average Bonchev–Trinajstić information content (AvgIpc) is 3.08. The van der Waals surface area contributed by atoms with Gasteiger partial charge in [-0.25, -0.2) is 8.42 Å². The van der Waals surface area contributed by atoms with Crippen LogP contribution in [0.1, 0.15) is 46.5 Å². The van der Waals surface area contributed by atoms with E-state index in [1.807, 2.05) is 20.8 Å². The molecule has 0 aliphatic heterocycles. The lowest BCUT2D eigenvalue weighted by Gasteiger charge is -2.40. The molecule has 1 aliphatic carbocycles. The summed E-state index contributed by atoms with van der Waals surface area (Å²) in [6.07, 6.45) is 3.67. The standard InChI is InChI=1S/C12H26N2O2S/c1-4-12(5-2,10-13)14(6-3)17(15,16)9-11-7-8-11/h11H,4-10,13H2,1-3H3. The number of nitrogens with zero attached hydrogens (tertiary/aromatic N) is 1. The molecule has 0 saturated heterocycles. The summed E-state index contributed by atoms with van der Waals surface area (Å²) in [6.45, 7) is 6.86. The van der Waals surface area contributed by atoms with Gasteiger partial charge >= 0.3 is 0 Å². The molecular weight excluding hydrogens is 236 g/mol. The monoisotopic (exact) mass is 262 g/mol. The minimum Gasteiger partial charge on any atom is -0.329 e. The lowest BCUT2D eigenvalue weighted by molar-refractivity contribution is 0.184. The predicted octanol–water partition coefficient (Wildman–Crippen LogP) is 1.57. The van der Waals surface area contributed by atoms with Crippen molar-refractivity contribution in [2.75, 3.05) is 18.8 Å². The highest BCUT2D eigenvalue weighted by Gasteiger charge is 2.41. The second-order valence-corrected chi connectivity index (χ2v) is 6.96. The quantitative estimate of drug-likeness (QED) is 0.722. The van der Waals surface area contributed by atoms with E-state index in [4.69, 9.17) is 5.73 Å². The van der Waals surface area contributed by atoms with Crippen LogP contribution in [0.25, 0.3) is 0 Å². The first-order chi connectivity index (χ1) is 7.95. The van der Waals surface area contributed by atoms with Gasteiger partial charge in [0.25, 0.3) is 0 Å². The number of rotatable bonds is 8. The molecule has 0 atom stereocenters. The second kappa shape index (κ2) is 5.67. The molecule has 1 aliphatic rings. The zero-order chi connectivity index (χ0) is 13.1. The van der Waals surface area contributed by atoms with Crippen molar-refractivity contribution in [1.29, 1.82) is 0 Å². The van der Waals surface area contributed by atoms with Crippen LogP contribution in [-0.2, 0) is 10.0 Å². The third-order valence-electron chi connectivity index (χ3n) is 3.99.